The predicted molar refractivity (Wildman–Crippen MR) is 56.7 cm³/mol. The van der Waals surface area contributed by atoms with Crippen molar-refractivity contribution in [1.29, 1.82) is 0 Å². The molecular weight excluding hydrogens is 212 g/mol. The Morgan fingerprint density at radius 1 is 1.60 bits per heavy atom. The number of hydrogen-bond acceptors (Lipinski definition) is 4. The van der Waals surface area contributed by atoms with Gasteiger partial charge in [-0.25, -0.2) is 4.98 Å². The summed E-state index contributed by atoms with van der Waals surface area (Å²) < 4.78 is 0. The summed E-state index contributed by atoms with van der Waals surface area (Å²) in [6.45, 7) is 0.561. The number of nitrogens with one attached hydrogen (secondary N) is 2. The van der Waals surface area contributed by atoms with Gasteiger partial charge in [0, 0.05) is 13.0 Å². The van der Waals surface area contributed by atoms with Crippen LogP contribution in [0.25, 0.3) is 0 Å². The predicted octanol–water partition coefficient (Wildman–Crippen LogP) is 0.839. The first-order chi connectivity index (χ1) is 7.36. The number of carbonyl (C=O) groups is 1. The van der Waals surface area contributed by atoms with Gasteiger partial charge in [-0.2, -0.15) is 5.10 Å². The second-order valence-electron chi connectivity index (χ2n) is 2.92. The maximum atomic E-state index is 11.5. The van der Waals surface area contributed by atoms with Gasteiger partial charge in [0.1, 0.15) is 12.2 Å². The zero-order valence-corrected chi connectivity index (χ0v) is 8.75. The minimum Gasteiger partial charge on any atom is -0.351 e. The highest BCUT2D eigenvalue weighted by atomic mass is 32.1. The summed E-state index contributed by atoms with van der Waals surface area (Å²) in [5, 5.41) is 11.1. The van der Waals surface area contributed by atoms with Gasteiger partial charge in [0.25, 0.3) is 5.91 Å². The average molecular weight is 222 g/mol. The molecule has 0 fully saturated rings. The molecule has 15 heavy (non-hydrogen) atoms. The van der Waals surface area contributed by atoms with Crippen molar-refractivity contribution in [1.82, 2.24) is 20.5 Å². The van der Waals surface area contributed by atoms with E-state index in [4.69, 9.17) is 0 Å². The number of aromatic nitrogens is 3. The third-order valence-corrected chi connectivity index (χ3v) is 2.73. The molecule has 0 aromatic carbocycles. The summed E-state index contributed by atoms with van der Waals surface area (Å²) >= 11 is 1.43. The van der Waals surface area contributed by atoms with Crippen LogP contribution < -0.4 is 5.32 Å². The molecule has 6 heteroatoms. The van der Waals surface area contributed by atoms with Crippen LogP contribution in [0.5, 0.6) is 0 Å². The molecule has 0 aliphatic carbocycles. The molecule has 0 aliphatic heterocycles. The molecule has 0 unspecified atom stereocenters. The second-order valence-corrected chi connectivity index (χ2v) is 3.86. The SMILES string of the molecule is O=C(NCCc1ncn[nH]1)c1cccs1. The molecule has 0 saturated heterocycles. The van der Waals surface area contributed by atoms with Crippen LogP contribution in [0.3, 0.4) is 0 Å². The summed E-state index contributed by atoms with van der Waals surface area (Å²) in [5.41, 5.74) is 0. The van der Waals surface area contributed by atoms with E-state index < -0.39 is 0 Å². The Bertz CT molecular complexity index is 409. The normalized spacial score (nSPS) is 10.1. The Hall–Kier alpha value is -1.69. The highest BCUT2D eigenvalue weighted by Gasteiger charge is 2.05. The van der Waals surface area contributed by atoms with E-state index >= 15 is 0 Å². The smallest absolute Gasteiger partial charge is 0.261 e. The van der Waals surface area contributed by atoms with E-state index in [0.717, 1.165) is 10.7 Å². The van der Waals surface area contributed by atoms with Crippen LogP contribution in [-0.4, -0.2) is 27.6 Å². The van der Waals surface area contributed by atoms with Gasteiger partial charge in [0.05, 0.1) is 4.88 Å². The van der Waals surface area contributed by atoms with E-state index in [1.165, 1.54) is 17.7 Å². The molecule has 0 atom stereocenters. The molecule has 0 bridgehead atoms. The van der Waals surface area contributed by atoms with Crippen LogP contribution in [0.2, 0.25) is 0 Å². The van der Waals surface area contributed by atoms with Gasteiger partial charge in [0.2, 0.25) is 0 Å². The molecule has 0 saturated carbocycles. The Kier molecular flexibility index (Phi) is 3.08. The van der Waals surface area contributed by atoms with Crippen molar-refractivity contribution in [2.75, 3.05) is 6.54 Å². The quantitative estimate of drug-likeness (QED) is 0.805. The molecule has 5 nitrogen and oxygen atoms in total. The fourth-order valence-corrected chi connectivity index (χ4v) is 1.78. The third kappa shape index (κ3) is 2.63. The van der Waals surface area contributed by atoms with Crippen LogP contribution >= 0.6 is 11.3 Å². The molecule has 2 aromatic rings. The minimum absolute atomic E-state index is 0.0375. The molecule has 2 rings (SSSR count). The molecule has 2 aromatic heterocycles. The van der Waals surface area contributed by atoms with Crippen molar-refractivity contribution in [3.05, 3.63) is 34.5 Å². The van der Waals surface area contributed by atoms with Crippen LogP contribution in [0.4, 0.5) is 0 Å². The van der Waals surface area contributed by atoms with Crippen LogP contribution in [0.1, 0.15) is 15.5 Å². The highest BCUT2D eigenvalue weighted by Crippen LogP contribution is 2.07. The topological polar surface area (TPSA) is 70.7 Å². The summed E-state index contributed by atoms with van der Waals surface area (Å²) in [4.78, 5) is 16.2. The third-order valence-electron chi connectivity index (χ3n) is 1.86. The molecule has 1 amide bonds. The van der Waals surface area contributed by atoms with E-state index in [1.54, 1.807) is 6.07 Å². The Morgan fingerprint density at radius 3 is 3.20 bits per heavy atom. The zero-order valence-electron chi connectivity index (χ0n) is 7.93. The summed E-state index contributed by atoms with van der Waals surface area (Å²) in [6, 6.07) is 3.66. The maximum Gasteiger partial charge on any atom is 0.261 e. The first-order valence-corrected chi connectivity index (χ1v) is 5.40. The fraction of sp³-hybridized carbons (Fsp3) is 0.222. The lowest BCUT2D eigenvalue weighted by Gasteiger charge is -2.00. The fourth-order valence-electron chi connectivity index (χ4n) is 1.14. The van der Waals surface area contributed by atoms with Gasteiger partial charge in [-0.1, -0.05) is 6.07 Å². The summed E-state index contributed by atoms with van der Waals surface area (Å²) in [5.74, 6) is 0.742. The number of amides is 1. The largest absolute Gasteiger partial charge is 0.351 e. The molecular formula is C9H10N4OS. The van der Waals surface area contributed by atoms with Gasteiger partial charge in [-0.3, -0.25) is 9.89 Å². The van der Waals surface area contributed by atoms with E-state index in [2.05, 4.69) is 20.5 Å². The Labute approximate surface area is 90.6 Å². The number of H-pyrrole nitrogens is 1. The van der Waals surface area contributed by atoms with Gasteiger partial charge >= 0.3 is 0 Å². The number of thiophene rings is 1. The van der Waals surface area contributed by atoms with Crippen LogP contribution in [0.15, 0.2) is 23.8 Å². The lowest BCUT2D eigenvalue weighted by molar-refractivity contribution is 0.0958. The Morgan fingerprint density at radius 2 is 2.53 bits per heavy atom. The minimum atomic E-state index is -0.0375. The van der Waals surface area contributed by atoms with Crippen molar-refractivity contribution in [2.45, 2.75) is 6.42 Å². The van der Waals surface area contributed by atoms with E-state index in [0.29, 0.717) is 13.0 Å². The maximum absolute atomic E-state index is 11.5. The van der Waals surface area contributed by atoms with Crippen molar-refractivity contribution >= 4 is 17.2 Å². The second kappa shape index (κ2) is 4.70. The van der Waals surface area contributed by atoms with E-state index in [9.17, 15) is 4.79 Å². The van der Waals surface area contributed by atoms with Gasteiger partial charge in [-0.05, 0) is 11.4 Å². The van der Waals surface area contributed by atoms with Gasteiger partial charge < -0.3 is 5.32 Å². The molecule has 0 aliphatic rings. The Balaban J connectivity index is 1.77. The molecule has 78 valence electrons. The van der Waals surface area contributed by atoms with Crippen molar-refractivity contribution in [3.63, 3.8) is 0 Å². The lowest BCUT2D eigenvalue weighted by atomic mass is 10.4. The average Bonchev–Trinajstić information content (AvgIpc) is 2.90. The van der Waals surface area contributed by atoms with Crippen LogP contribution in [0, 0.1) is 0 Å². The van der Waals surface area contributed by atoms with Crippen molar-refractivity contribution in [3.8, 4) is 0 Å². The highest BCUT2D eigenvalue weighted by molar-refractivity contribution is 7.12. The first kappa shape index (κ1) is 9.85. The number of hydrogen-bond donors (Lipinski definition) is 2. The monoisotopic (exact) mass is 222 g/mol. The van der Waals surface area contributed by atoms with E-state index in [1.807, 2.05) is 11.4 Å². The number of nitrogens with zero attached hydrogens (tertiary/aromatic N) is 2. The summed E-state index contributed by atoms with van der Waals surface area (Å²) in [7, 11) is 0. The number of carbonyl (C=O) groups excluding carboxylic acids is 1. The standard InChI is InChI=1S/C9H10N4OS/c14-9(7-2-1-5-15-7)10-4-3-8-11-6-12-13-8/h1-2,5-6H,3-4H2,(H,10,14)(H,11,12,13). The van der Waals surface area contributed by atoms with E-state index in [-0.39, 0.29) is 5.91 Å². The number of aromatic amines is 1. The number of rotatable bonds is 4. The van der Waals surface area contributed by atoms with Gasteiger partial charge in [0.15, 0.2) is 0 Å². The summed E-state index contributed by atoms with van der Waals surface area (Å²) in [6.07, 6.45) is 2.12. The molecule has 0 spiro atoms. The van der Waals surface area contributed by atoms with Crippen molar-refractivity contribution < 1.29 is 4.79 Å². The van der Waals surface area contributed by atoms with Crippen molar-refractivity contribution in [2.24, 2.45) is 0 Å². The molecule has 0 radical (unpaired) electrons. The first-order valence-electron chi connectivity index (χ1n) is 4.52. The molecule has 2 heterocycles. The zero-order chi connectivity index (χ0) is 10.5. The van der Waals surface area contributed by atoms with Crippen LogP contribution in [-0.2, 0) is 6.42 Å². The lowest BCUT2D eigenvalue weighted by Crippen LogP contribution is -2.25. The molecule has 2 N–H and O–H groups in total. The van der Waals surface area contributed by atoms with Gasteiger partial charge in [-0.15, -0.1) is 11.3 Å².